The smallest absolute Gasteiger partial charge is 0.338 e. The molecule has 4 rings (SSSR count). The Hall–Kier alpha value is -4.26. The number of aromatic hydroxyl groups is 2. The van der Waals surface area contributed by atoms with Gasteiger partial charge in [-0.2, -0.15) is 0 Å². The first-order chi connectivity index (χ1) is 16.1. The molecule has 0 saturated carbocycles. The van der Waals surface area contributed by atoms with Crippen molar-refractivity contribution in [1.82, 2.24) is 15.0 Å². The van der Waals surface area contributed by atoms with Gasteiger partial charge in [-0.25, -0.2) is 19.7 Å². The molecule has 0 spiro atoms. The summed E-state index contributed by atoms with van der Waals surface area (Å²) in [6.07, 6.45) is 0. The van der Waals surface area contributed by atoms with E-state index in [9.17, 15) is 15.0 Å². The van der Waals surface area contributed by atoms with Gasteiger partial charge in [0.25, 0.3) is 0 Å². The average molecular weight is 444 g/mol. The number of phenolic OH excluding ortho intramolecular Hbond substituents is 2. The molecule has 0 aliphatic carbocycles. The lowest BCUT2D eigenvalue weighted by molar-refractivity contribution is 0.0526. The van der Waals surface area contributed by atoms with E-state index >= 15 is 0 Å². The van der Waals surface area contributed by atoms with E-state index in [1.807, 2.05) is 13.8 Å². The van der Waals surface area contributed by atoms with E-state index in [0.29, 0.717) is 34.7 Å². The van der Waals surface area contributed by atoms with Gasteiger partial charge in [0.2, 0.25) is 0 Å². The molecule has 2 N–H and O–H groups in total. The monoisotopic (exact) mass is 443 g/mol. The topological polar surface area (TPSA) is 105 Å². The molecular formula is C26H25N3O4. The largest absolute Gasteiger partial charge is 0.507 e. The van der Waals surface area contributed by atoms with E-state index in [1.54, 1.807) is 79.7 Å². The van der Waals surface area contributed by atoms with Crippen LogP contribution in [0.25, 0.3) is 34.2 Å². The zero-order valence-corrected chi connectivity index (χ0v) is 18.7. The third kappa shape index (κ3) is 5.33. The summed E-state index contributed by atoms with van der Waals surface area (Å²) in [5, 5.41) is 20.6. The van der Waals surface area contributed by atoms with Crippen LogP contribution in [0.4, 0.5) is 0 Å². The van der Waals surface area contributed by atoms with Crippen LogP contribution in [0.3, 0.4) is 0 Å². The van der Waals surface area contributed by atoms with Crippen LogP contribution in [0.5, 0.6) is 11.5 Å². The molecule has 33 heavy (non-hydrogen) atoms. The van der Waals surface area contributed by atoms with E-state index in [4.69, 9.17) is 4.74 Å². The predicted molar refractivity (Wildman–Crippen MR) is 127 cm³/mol. The standard InChI is InChI=1S/C24H19N3O4.C2H6/c1-2-31-24(30)16-13-11-15(12-14-16)21-25-22(17-7-3-5-9-19(17)28)27-23(26-21)18-8-4-6-10-20(18)29;1-2/h3-14,28-29H,2H2,1H3;1-2H3. The number of esters is 1. The average Bonchev–Trinajstić information content (AvgIpc) is 2.86. The lowest BCUT2D eigenvalue weighted by Crippen LogP contribution is -2.04. The quantitative estimate of drug-likeness (QED) is 0.393. The van der Waals surface area contributed by atoms with E-state index in [2.05, 4.69) is 15.0 Å². The second-order valence-electron chi connectivity index (χ2n) is 6.64. The van der Waals surface area contributed by atoms with Crippen molar-refractivity contribution in [3.63, 3.8) is 0 Å². The van der Waals surface area contributed by atoms with Crippen LogP contribution in [-0.4, -0.2) is 37.7 Å². The number of hydrogen-bond donors (Lipinski definition) is 2. The first-order valence-electron chi connectivity index (χ1n) is 10.7. The molecule has 4 aromatic rings. The first kappa shape index (κ1) is 23.4. The van der Waals surface area contributed by atoms with Crippen molar-refractivity contribution in [2.45, 2.75) is 20.8 Å². The van der Waals surface area contributed by atoms with Crippen LogP contribution in [0.15, 0.2) is 72.8 Å². The summed E-state index contributed by atoms with van der Waals surface area (Å²) in [4.78, 5) is 25.4. The first-order valence-corrected chi connectivity index (χ1v) is 10.7. The van der Waals surface area contributed by atoms with Crippen LogP contribution in [0.2, 0.25) is 0 Å². The number of aromatic nitrogens is 3. The molecule has 0 radical (unpaired) electrons. The molecule has 3 aromatic carbocycles. The van der Waals surface area contributed by atoms with Crippen molar-refractivity contribution in [2.24, 2.45) is 0 Å². The molecular weight excluding hydrogens is 418 g/mol. The fourth-order valence-electron chi connectivity index (χ4n) is 3.04. The maximum atomic E-state index is 11.9. The Bertz CT molecular complexity index is 1180. The summed E-state index contributed by atoms with van der Waals surface area (Å²) in [7, 11) is 0. The third-order valence-corrected chi connectivity index (χ3v) is 4.58. The van der Waals surface area contributed by atoms with Gasteiger partial charge in [0.1, 0.15) is 11.5 Å². The maximum absolute atomic E-state index is 11.9. The number of rotatable bonds is 5. The van der Waals surface area contributed by atoms with Gasteiger partial charge in [0.15, 0.2) is 17.5 Å². The fourth-order valence-corrected chi connectivity index (χ4v) is 3.04. The summed E-state index contributed by atoms with van der Waals surface area (Å²) in [5.74, 6) is 0.504. The zero-order valence-electron chi connectivity index (χ0n) is 18.7. The summed E-state index contributed by atoms with van der Waals surface area (Å²) >= 11 is 0. The van der Waals surface area contributed by atoms with Crippen LogP contribution in [0, 0.1) is 0 Å². The number of para-hydroxylation sites is 2. The Morgan fingerprint density at radius 1 is 0.727 bits per heavy atom. The Kier molecular flexibility index (Phi) is 7.70. The molecule has 0 fully saturated rings. The molecule has 0 saturated heterocycles. The Morgan fingerprint density at radius 3 is 1.64 bits per heavy atom. The minimum Gasteiger partial charge on any atom is -0.507 e. The van der Waals surface area contributed by atoms with Gasteiger partial charge in [-0.1, -0.05) is 50.2 Å². The molecule has 0 aliphatic heterocycles. The van der Waals surface area contributed by atoms with Gasteiger partial charge in [0, 0.05) is 5.56 Å². The zero-order chi connectivity index (χ0) is 23.8. The maximum Gasteiger partial charge on any atom is 0.338 e. The van der Waals surface area contributed by atoms with Crippen molar-refractivity contribution in [1.29, 1.82) is 0 Å². The van der Waals surface area contributed by atoms with Crippen molar-refractivity contribution < 1.29 is 19.7 Å². The molecule has 0 amide bonds. The van der Waals surface area contributed by atoms with Crippen molar-refractivity contribution in [3.8, 4) is 45.7 Å². The summed E-state index contributed by atoms with van der Waals surface area (Å²) in [6, 6.07) is 20.2. The summed E-state index contributed by atoms with van der Waals surface area (Å²) < 4.78 is 5.02. The second kappa shape index (κ2) is 10.9. The van der Waals surface area contributed by atoms with Crippen LogP contribution in [0.1, 0.15) is 31.1 Å². The SMILES string of the molecule is CC.CCOC(=O)c1ccc(-c2nc(-c3ccccc3O)nc(-c3ccccc3O)n2)cc1. The summed E-state index contributed by atoms with van der Waals surface area (Å²) in [5.41, 5.74) is 1.93. The van der Waals surface area contributed by atoms with Gasteiger partial charge in [0.05, 0.1) is 23.3 Å². The number of nitrogens with zero attached hydrogens (tertiary/aromatic N) is 3. The fraction of sp³-hybridized carbons (Fsp3) is 0.154. The van der Waals surface area contributed by atoms with E-state index < -0.39 is 5.97 Å². The molecule has 0 atom stereocenters. The van der Waals surface area contributed by atoms with Crippen LogP contribution < -0.4 is 0 Å². The minimum atomic E-state index is -0.408. The van der Waals surface area contributed by atoms with E-state index in [-0.39, 0.29) is 23.1 Å². The number of phenols is 2. The predicted octanol–water partition coefficient (Wildman–Crippen LogP) is 5.49. The molecule has 0 unspecified atom stereocenters. The molecule has 7 heteroatoms. The molecule has 0 aliphatic rings. The van der Waals surface area contributed by atoms with Crippen molar-refractivity contribution in [3.05, 3.63) is 78.4 Å². The molecule has 168 valence electrons. The van der Waals surface area contributed by atoms with Crippen molar-refractivity contribution >= 4 is 5.97 Å². The number of carbonyl (C=O) groups excluding carboxylic acids is 1. The van der Waals surface area contributed by atoms with Gasteiger partial charge >= 0.3 is 5.97 Å². The number of hydrogen-bond acceptors (Lipinski definition) is 7. The van der Waals surface area contributed by atoms with Gasteiger partial charge < -0.3 is 14.9 Å². The number of ether oxygens (including phenoxy) is 1. The highest BCUT2D eigenvalue weighted by Gasteiger charge is 2.16. The van der Waals surface area contributed by atoms with Crippen LogP contribution in [-0.2, 0) is 4.74 Å². The van der Waals surface area contributed by atoms with Gasteiger partial charge in [-0.15, -0.1) is 0 Å². The second-order valence-corrected chi connectivity index (χ2v) is 6.64. The van der Waals surface area contributed by atoms with Gasteiger partial charge in [-0.05, 0) is 43.3 Å². The van der Waals surface area contributed by atoms with Crippen molar-refractivity contribution in [2.75, 3.05) is 6.61 Å². The van der Waals surface area contributed by atoms with E-state index in [0.717, 1.165) is 0 Å². The number of benzene rings is 3. The lowest BCUT2D eigenvalue weighted by atomic mass is 10.1. The molecule has 7 nitrogen and oxygen atoms in total. The third-order valence-electron chi connectivity index (χ3n) is 4.58. The molecule has 1 aromatic heterocycles. The minimum absolute atomic E-state index is 0.0283. The highest BCUT2D eigenvalue weighted by Crippen LogP contribution is 2.32. The Morgan fingerprint density at radius 2 is 1.18 bits per heavy atom. The molecule has 0 bridgehead atoms. The van der Waals surface area contributed by atoms with E-state index in [1.165, 1.54) is 0 Å². The highest BCUT2D eigenvalue weighted by molar-refractivity contribution is 5.90. The normalized spacial score (nSPS) is 10.2. The molecule has 1 heterocycles. The lowest BCUT2D eigenvalue weighted by Gasteiger charge is -2.10. The van der Waals surface area contributed by atoms with Crippen LogP contribution >= 0.6 is 0 Å². The summed E-state index contributed by atoms with van der Waals surface area (Å²) in [6.45, 7) is 6.04. The highest BCUT2D eigenvalue weighted by atomic mass is 16.5. The Balaban J connectivity index is 0.00000149. The van der Waals surface area contributed by atoms with Gasteiger partial charge in [-0.3, -0.25) is 0 Å². The number of carbonyl (C=O) groups is 1. The Labute approximate surface area is 192 Å².